The molecule has 248 valence electrons. The molecule has 3 aromatic heterocycles. The molecule has 1 aliphatic heterocycles. The number of halogens is 1. The van der Waals surface area contributed by atoms with Crippen LogP contribution in [0.25, 0.3) is 10.2 Å². The number of nitrogens with zero attached hydrogens (tertiary/aromatic N) is 6. The first-order chi connectivity index (χ1) is 23.3. The van der Waals surface area contributed by atoms with E-state index >= 15 is 0 Å². The van der Waals surface area contributed by atoms with E-state index in [2.05, 4.69) is 56.1 Å². The summed E-state index contributed by atoms with van der Waals surface area (Å²) in [6.45, 7) is 9.50. The number of fused-ring (bicyclic) bond motifs is 2. The van der Waals surface area contributed by atoms with Gasteiger partial charge in [0.25, 0.3) is 0 Å². The number of benzene rings is 2. The van der Waals surface area contributed by atoms with Crippen LogP contribution in [-0.4, -0.2) is 68.9 Å². The van der Waals surface area contributed by atoms with Crippen molar-refractivity contribution in [2.75, 3.05) is 43.0 Å². The zero-order valence-electron chi connectivity index (χ0n) is 27.0. The SMILES string of the molecule is CCN(CC)CC#Cc1ccc(OCCCc2sc(N3CCCc4c3nnc(Nc3nc5ccccc5s3)c4C)nc2C(=O)O)c(F)c1. The summed E-state index contributed by atoms with van der Waals surface area (Å²) in [7, 11) is 0. The van der Waals surface area contributed by atoms with E-state index in [1.165, 1.54) is 17.4 Å². The van der Waals surface area contributed by atoms with Crippen molar-refractivity contribution in [3.63, 3.8) is 0 Å². The van der Waals surface area contributed by atoms with Crippen LogP contribution in [0.3, 0.4) is 0 Å². The molecule has 2 N–H and O–H groups in total. The maximum atomic E-state index is 14.7. The molecule has 5 aromatic rings. The summed E-state index contributed by atoms with van der Waals surface area (Å²) in [4.78, 5) is 26.1. The van der Waals surface area contributed by atoms with Gasteiger partial charge in [0.15, 0.2) is 39.2 Å². The van der Waals surface area contributed by atoms with Gasteiger partial charge in [-0.15, -0.1) is 21.5 Å². The lowest BCUT2D eigenvalue weighted by molar-refractivity contribution is 0.0690. The minimum atomic E-state index is -1.09. The number of aromatic carboxylic acids is 1. The normalized spacial score (nSPS) is 12.6. The van der Waals surface area contributed by atoms with Gasteiger partial charge in [0.2, 0.25) is 0 Å². The number of carboxylic acids is 1. The van der Waals surface area contributed by atoms with Crippen LogP contribution < -0.4 is 15.0 Å². The zero-order valence-corrected chi connectivity index (χ0v) is 28.7. The molecular formula is C35H36FN7O3S2. The Labute approximate surface area is 286 Å². The number of carbonyl (C=O) groups is 1. The first-order valence-corrected chi connectivity index (χ1v) is 17.6. The molecule has 0 atom stereocenters. The van der Waals surface area contributed by atoms with Crippen molar-refractivity contribution in [2.45, 2.75) is 46.5 Å². The number of anilines is 4. The molecule has 0 bridgehead atoms. The molecule has 10 nitrogen and oxygen atoms in total. The number of rotatable bonds is 12. The zero-order chi connectivity index (χ0) is 33.6. The quantitative estimate of drug-likeness (QED) is 0.103. The number of ether oxygens (including phenoxy) is 1. The van der Waals surface area contributed by atoms with Gasteiger partial charge >= 0.3 is 5.97 Å². The van der Waals surface area contributed by atoms with Gasteiger partial charge in [0, 0.05) is 28.1 Å². The van der Waals surface area contributed by atoms with Crippen molar-refractivity contribution in [1.29, 1.82) is 0 Å². The number of aryl methyl sites for hydroxylation is 1. The van der Waals surface area contributed by atoms with Crippen LogP contribution in [-0.2, 0) is 12.8 Å². The summed E-state index contributed by atoms with van der Waals surface area (Å²) in [5.41, 5.74) is 3.55. The van der Waals surface area contributed by atoms with Crippen LogP contribution in [0.15, 0.2) is 42.5 Å². The second-order valence-electron chi connectivity index (χ2n) is 11.3. The van der Waals surface area contributed by atoms with E-state index in [9.17, 15) is 14.3 Å². The minimum absolute atomic E-state index is 0.0137. The summed E-state index contributed by atoms with van der Waals surface area (Å²) in [6, 6.07) is 12.7. The van der Waals surface area contributed by atoms with E-state index < -0.39 is 11.8 Å². The highest BCUT2D eigenvalue weighted by molar-refractivity contribution is 7.22. The van der Waals surface area contributed by atoms with E-state index in [4.69, 9.17) is 4.74 Å². The molecule has 1 aliphatic rings. The largest absolute Gasteiger partial charge is 0.491 e. The lowest BCUT2D eigenvalue weighted by Crippen LogP contribution is -2.27. The Morgan fingerprint density at radius 2 is 1.98 bits per heavy atom. The van der Waals surface area contributed by atoms with Gasteiger partial charge in [-0.25, -0.2) is 19.2 Å². The topological polar surface area (TPSA) is 117 Å². The molecule has 0 radical (unpaired) electrons. The van der Waals surface area contributed by atoms with Gasteiger partial charge in [-0.2, -0.15) is 0 Å². The van der Waals surface area contributed by atoms with Crippen LogP contribution >= 0.6 is 22.7 Å². The van der Waals surface area contributed by atoms with Gasteiger partial charge in [-0.05, 0) is 76.0 Å². The third-order valence-electron chi connectivity index (χ3n) is 8.19. The molecule has 0 saturated carbocycles. The van der Waals surface area contributed by atoms with Crippen molar-refractivity contribution in [2.24, 2.45) is 0 Å². The summed E-state index contributed by atoms with van der Waals surface area (Å²) in [6.07, 6.45) is 2.59. The number of aromatic nitrogens is 4. The first-order valence-electron chi connectivity index (χ1n) is 16.0. The third-order valence-corrected chi connectivity index (χ3v) is 10.3. The Morgan fingerprint density at radius 1 is 1.15 bits per heavy atom. The van der Waals surface area contributed by atoms with Crippen molar-refractivity contribution >= 4 is 60.8 Å². The van der Waals surface area contributed by atoms with Crippen LogP contribution in [0.2, 0.25) is 0 Å². The number of carboxylic acid groups (broad SMARTS) is 1. The van der Waals surface area contributed by atoms with Gasteiger partial charge in [-0.1, -0.05) is 49.2 Å². The lowest BCUT2D eigenvalue weighted by atomic mass is 10.0. The average Bonchev–Trinajstić information content (AvgIpc) is 3.71. The molecule has 48 heavy (non-hydrogen) atoms. The molecule has 6 rings (SSSR count). The predicted octanol–water partition coefficient (Wildman–Crippen LogP) is 7.22. The highest BCUT2D eigenvalue weighted by Gasteiger charge is 2.28. The van der Waals surface area contributed by atoms with E-state index in [1.54, 1.807) is 23.5 Å². The molecule has 0 spiro atoms. The Bertz CT molecular complexity index is 1960. The fourth-order valence-electron chi connectivity index (χ4n) is 5.51. The Hall–Kier alpha value is -4.64. The Kier molecular flexibility index (Phi) is 10.4. The second-order valence-corrected chi connectivity index (χ2v) is 13.4. The third kappa shape index (κ3) is 7.41. The van der Waals surface area contributed by atoms with Crippen molar-refractivity contribution < 1.29 is 19.0 Å². The van der Waals surface area contributed by atoms with E-state index in [0.29, 0.717) is 53.1 Å². The number of hydrogen-bond donors (Lipinski definition) is 2. The predicted molar refractivity (Wildman–Crippen MR) is 189 cm³/mol. The summed E-state index contributed by atoms with van der Waals surface area (Å²) in [5, 5.41) is 23.7. The summed E-state index contributed by atoms with van der Waals surface area (Å²) in [5.74, 6) is 6.00. The van der Waals surface area contributed by atoms with Crippen molar-refractivity contribution in [3.8, 4) is 17.6 Å². The number of nitrogens with one attached hydrogen (secondary N) is 1. The van der Waals surface area contributed by atoms with Crippen molar-refractivity contribution in [3.05, 3.63) is 75.5 Å². The van der Waals surface area contributed by atoms with Crippen LogP contribution in [0, 0.1) is 24.6 Å². The standard InChI is InChI=1S/C35H36FN7O3S2/c1-4-42(5-2)18-8-11-23-16-17-27(25(36)21-23)46-20-10-15-29-30(33(44)45)38-35(48-29)43-19-9-12-24-22(3)31(40-41-32(24)43)39-34-37-26-13-6-7-14-28(26)47-34/h6-7,13-14,16-17,21H,4-5,9-10,12,15,18-20H2,1-3H3,(H,44,45)(H,37,39,40). The van der Waals surface area contributed by atoms with Crippen LogP contribution in [0.1, 0.15) is 58.7 Å². The average molecular weight is 686 g/mol. The first kappa shape index (κ1) is 33.3. The monoisotopic (exact) mass is 685 g/mol. The summed E-state index contributed by atoms with van der Waals surface area (Å²) < 4.78 is 21.5. The second kappa shape index (κ2) is 15.1. The number of para-hydroxylation sites is 1. The maximum Gasteiger partial charge on any atom is 0.355 e. The molecule has 0 saturated heterocycles. The lowest BCUT2D eigenvalue weighted by Gasteiger charge is -2.28. The highest BCUT2D eigenvalue weighted by Crippen LogP contribution is 2.39. The Morgan fingerprint density at radius 3 is 2.75 bits per heavy atom. The van der Waals surface area contributed by atoms with Crippen LogP contribution in [0.5, 0.6) is 5.75 Å². The van der Waals surface area contributed by atoms with Crippen LogP contribution in [0.4, 0.5) is 26.3 Å². The molecule has 0 amide bonds. The van der Waals surface area contributed by atoms with E-state index in [-0.39, 0.29) is 18.1 Å². The van der Waals surface area contributed by atoms with E-state index in [0.717, 1.165) is 52.4 Å². The molecule has 0 aliphatic carbocycles. The van der Waals surface area contributed by atoms with Gasteiger partial charge < -0.3 is 20.1 Å². The van der Waals surface area contributed by atoms with Gasteiger partial charge in [-0.3, -0.25) is 4.90 Å². The molecule has 13 heteroatoms. The van der Waals surface area contributed by atoms with Gasteiger partial charge in [0.1, 0.15) is 0 Å². The number of hydrogen-bond acceptors (Lipinski definition) is 11. The maximum absolute atomic E-state index is 14.7. The Balaban J connectivity index is 1.11. The number of thiazole rings is 2. The van der Waals surface area contributed by atoms with Crippen molar-refractivity contribution in [1.82, 2.24) is 25.1 Å². The summed E-state index contributed by atoms with van der Waals surface area (Å²) >= 11 is 2.89. The minimum Gasteiger partial charge on any atom is -0.491 e. The fraction of sp³-hybridized carbons (Fsp3) is 0.343. The fourth-order valence-corrected chi connectivity index (χ4v) is 7.50. The van der Waals surface area contributed by atoms with E-state index in [1.807, 2.05) is 36.1 Å². The molecule has 2 aromatic carbocycles. The molecular weight excluding hydrogens is 650 g/mol. The molecule has 0 fully saturated rings. The highest BCUT2D eigenvalue weighted by atomic mass is 32.1. The van der Waals surface area contributed by atoms with Gasteiger partial charge in [0.05, 0.1) is 23.4 Å². The molecule has 0 unspecified atom stereocenters. The smallest absolute Gasteiger partial charge is 0.355 e. The molecule has 4 heterocycles.